The van der Waals surface area contributed by atoms with Gasteiger partial charge < -0.3 is 4.74 Å². The van der Waals surface area contributed by atoms with Crippen molar-refractivity contribution < 1.29 is 26.4 Å². The molecule has 0 fully saturated rings. The summed E-state index contributed by atoms with van der Waals surface area (Å²) in [6.07, 6.45) is 1.04. The fourth-order valence-corrected chi connectivity index (χ4v) is 4.19. The average Bonchev–Trinajstić information content (AvgIpc) is 2.45. The van der Waals surface area contributed by atoms with Gasteiger partial charge in [-0.15, -0.1) is 0 Å². The van der Waals surface area contributed by atoms with Crippen molar-refractivity contribution in [1.82, 2.24) is 4.31 Å². The summed E-state index contributed by atoms with van der Waals surface area (Å²) in [7, 11) is -7.35. The van der Waals surface area contributed by atoms with Crippen LogP contribution in [0.5, 0.6) is 0 Å². The van der Waals surface area contributed by atoms with Crippen molar-refractivity contribution >= 4 is 25.8 Å². The summed E-state index contributed by atoms with van der Waals surface area (Å²) in [5, 5.41) is 0. The smallest absolute Gasteiger partial charge is 0.321 e. The molecule has 1 aromatic rings. The van der Waals surface area contributed by atoms with Gasteiger partial charge >= 0.3 is 5.97 Å². The summed E-state index contributed by atoms with van der Waals surface area (Å²) in [6, 6.07) is 4.93. The molecule has 0 saturated carbocycles. The third kappa shape index (κ3) is 5.57. The molecule has 0 aromatic heterocycles. The molecule has 0 bridgehead atoms. The molecule has 0 atom stereocenters. The molecular formula is C15H23NO6S2. The molecule has 1 rings (SSSR count). The Hall–Kier alpha value is -1.45. The fraction of sp³-hybridized carbons (Fsp3) is 0.533. The predicted octanol–water partition coefficient (Wildman–Crippen LogP) is 1.30. The van der Waals surface area contributed by atoms with Crippen LogP contribution in [0, 0.1) is 5.92 Å². The SMILES string of the molecule is CCOC(=O)CN(CC(C)C)S(=O)(=O)c1ccc(S(C)(=O)=O)cc1. The van der Waals surface area contributed by atoms with E-state index >= 15 is 0 Å². The number of ether oxygens (including phenoxy) is 1. The van der Waals surface area contributed by atoms with Gasteiger partial charge in [0.1, 0.15) is 6.54 Å². The van der Waals surface area contributed by atoms with Gasteiger partial charge in [0, 0.05) is 12.8 Å². The Morgan fingerprint density at radius 3 is 2.00 bits per heavy atom. The molecule has 9 heteroatoms. The molecule has 0 aliphatic rings. The lowest BCUT2D eigenvalue weighted by Crippen LogP contribution is -2.38. The molecule has 0 amide bonds. The minimum absolute atomic E-state index is 0.00416. The normalized spacial score (nSPS) is 12.6. The van der Waals surface area contributed by atoms with E-state index in [0.29, 0.717) is 0 Å². The van der Waals surface area contributed by atoms with Crippen molar-refractivity contribution in [3.8, 4) is 0 Å². The van der Waals surface area contributed by atoms with Crippen LogP contribution in [-0.2, 0) is 29.4 Å². The Bertz CT molecular complexity index is 767. The highest BCUT2D eigenvalue weighted by Crippen LogP contribution is 2.19. The molecule has 0 radical (unpaired) electrons. The second-order valence-corrected chi connectivity index (χ2v) is 9.69. The second-order valence-electron chi connectivity index (χ2n) is 5.74. The highest BCUT2D eigenvalue weighted by Gasteiger charge is 2.28. The van der Waals surface area contributed by atoms with Gasteiger partial charge in [-0.3, -0.25) is 4.79 Å². The number of carbonyl (C=O) groups excluding carboxylic acids is 1. The van der Waals surface area contributed by atoms with Gasteiger partial charge in [-0.25, -0.2) is 16.8 Å². The Morgan fingerprint density at radius 2 is 1.58 bits per heavy atom. The number of rotatable bonds is 8. The van der Waals surface area contributed by atoms with Crippen LogP contribution in [0.25, 0.3) is 0 Å². The van der Waals surface area contributed by atoms with Gasteiger partial charge in [0.2, 0.25) is 10.0 Å². The van der Waals surface area contributed by atoms with E-state index in [2.05, 4.69) is 0 Å². The molecule has 0 N–H and O–H groups in total. The molecule has 136 valence electrons. The number of sulfone groups is 1. The third-order valence-electron chi connectivity index (χ3n) is 3.07. The van der Waals surface area contributed by atoms with Crippen LogP contribution >= 0.6 is 0 Å². The number of sulfonamides is 1. The van der Waals surface area contributed by atoms with E-state index in [4.69, 9.17) is 4.74 Å². The maximum absolute atomic E-state index is 12.7. The first-order valence-corrected chi connectivity index (χ1v) is 10.8. The van der Waals surface area contributed by atoms with E-state index in [0.717, 1.165) is 10.6 Å². The fourth-order valence-electron chi connectivity index (χ4n) is 2.01. The van der Waals surface area contributed by atoms with Crippen molar-refractivity contribution in [3.63, 3.8) is 0 Å². The van der Waals surface area contributed by atoms with Crippen LogP contribution in [0.15, 0.2) is 34.1 Å². The number of benzene rings is 1. The van der Waals surface area contributed by atoms with Gasteiger partial charge in [-0.1, -0.05) is 13.8 Å². The number of hydrogen-bond acceptors (Lipinski definition) is 6. The highest BCUT2D eigenvalue weighted by atomic mass is 32.2. The maximum atomic E-state index is 12.7. The zero-order valence-electron chi connectivity index (χ0n) is 14.2. The highest BCUT2D eigenvalue weighted by molar-refractivity contribution is 7.90. The first kappa shape index (κ1) is 20.6. The number of esters is 1. The topological polar surface area (TPSA) is 97.8 Å². The minimum atomic E-state index is -3.93. The second kappa shape index (κ2) is 8.09. The van der Waals surface area contributed by atoms with Crippen LogP contribution in [0.4, 0.5) is 0 Å². The Morgan fingerprint density at radius 1 is 1.08 bits per heavy atom. The van der Waals surface area contributed by atoms with Crippen molar-refractivity contribution in [3.05, 3.63) is 24.3 Å². The van der Waals surface area contributed by atoms with Gasteiger partial charge in [0.15, 0.2) is 9.84 Å². The molecule has 0 heterocycles. The maximum Gasteiger partial charge on any atom is 0.321 e. The number of hydrogen-bond donors (Lipinski definition) is 0. The first-order chi connectivity index (χ1) is 11.0. The summed E-state index contributed by atoms with van der Waals surface area (Å²) in [5.74, 6) is -0.626. The lowest BCUT2D eigenvalue weighted by atomic mass is 10.2. The van der Waals surface area contributed by atoms with Gasteiger partial charge in [-0.05, 0) is 37.1 Å². The van der Waals surface area contributed by atoms with Crippen molar-refractivity contribution in [2.24, 2.45) is 5.92 Å². The average molecular weight is 377 g/mol. The quantitative estimate of drug-likeness (QED) is 0.633. The van der Waals surface area contributed by atoms with Crippen LogP contribution in [-0.4, -0.2) is 53.1 Å². The molecule has 0 aliphatic carbocycles. The summed E-state index contributed by atoms with van der Waals surface area (Å²) in [6.45, 7) is 5.23. The summed E-state index contributed by atoms with van der Waals surface area (Å²) in [4.78, 5) is 11.7. The van der Waals surface area contributed by atoms with E-state index in [1.54, 1.807) is 6.92 Å². The van der Waals surface area contributed by atoms with Crippen molar-refractivity contribution in [1.29, 1.82) is 0 Å². The molecule has 0 spiro atoms. The van der Waals surface area contributed by atoms with Crippen LogP contribution in [0.2, 0.25) is 0 Å². The predicted molar refractivity (Wildman–Crippen MR) is 89.8 cm³/mol. The van der Waals surface area contributed by atoms with Gasteiger partial charge in [0.25, 0.3) is 0 Å². The van der Waals surface area contributed by atoms with Crippen LogP contribution in [0.3, 0.4) is 0 Å². The largest absolute Gasteiger partial charge is 0.465 e. The van der Waals surface area contributed by atoms with E-state index < -0.39 is 25.8 Å². The molecular weight excluding hydrogens is 354 g/mol. The van der Waals surface area contributed by atoms with E-state index in [9.17, 15) is 21.6 Å². The zero-order valence-corrected chi connectivity index (χ0v) is 15.9. The third-order valence-corrected chi connectivity index (χ3v) is 6.02. The monoisotopic (exact) mass is 377 g/mol. The minimum Gasteiger partial charge on any atom is -0.465 e. The van der Waals surface area contributed by atoms with Crippen molar-refractivity contribution in [2.45, 2.75) is 30.6 Å². The molecule has 24 heavy (non-hydrogen) atoms. The lowest BCUT2D eigenvalue weighted by molar-refractivity contribution is -0.143. The van der Waals surface area contributed by atoms with Crippen molar-refractivity contribution in [2.75, 3.05) is 26.0 Å². The summed E-state index contributed by atoms with van der Waals surface area (Å²) >= 11 is 0. The zero-order chi connectivity index (χ0) is 18.5. The summed E-state index contributed by atoms with van der Waals surface area (Å²) in [5.41, 5.74) is 0. The lowest BCUT2D eigenvalue weighted by Gasteiger charge is -2.23. The van der Waals surface area contributed by atoms with Gasteiger partial charge in [0.05, 0.1) is 16.4 Å². The standard InChI is InChI=1S/C15H23NO6S2/c1-5-22-15(17)11-16(10-12(2)3)24(20,21)14-8-6-13(7-9-14)23(4,18)19/h6-9,12H,5,10-11H2,1-4H3. The molecule has 0 unspecified atom stereocenters. The molecule has 0 saturated heterocycles. The van der Waals surface area contributed by atoms with E-state index in [1.807, 2.05) is 13.8 Å². The van der Waals surface area contributed by atoms with Crippen LogP contribution < -0.4 is 0 Å². The number of carbonyl (C=O) groups is 1. The van der Waals surface area contributed by atoms with E-state index in [1.165, 1.54) is 24.3 Å². The van der Waals surface area contributed by atoms with E-state index in [-0.39, 0.29) is 35.4 Å². The summed E-state index contributed by atoms with van der Waals surface area (Å²) < 4.78 is 54.3. The Kier molecular flexibility index (Phi) is 6.94. The first-order valence-electron chi connectivity index (χ1n) is 7.44. The molecule has 7 nitrogen and oxygen atoms in total. The van der Waals surface area contributed by atoms with Crippen LogP contribution in [0.1, 0.15) is 20.8 Å². The Balaban J connectivity index is 3.17. The van der Waals surface area contributed by atoms with Gasteiger partial charge in [-0.2, -0.15) is 4.31 Å². The Labute approximate surface area is 143 Å². The molecule has 0 aliphatic heterocycles. The number of nitrogens with zero attached hydrogens (tertiary/aromatic N) is 1. The molecule has 1 aromatic carbocycles.